The second-order valence-corrected chi connectivity index (χ2v) is 5.44. The van der Waals surface area contributed by atoms with Gasteiger partial charge in [-0.1, -0.05) is 48.5 Å². The number of hydrogen-bond acceptors (Lipinski definition) is 4. The lowest BCUT2D eigenvalue weighted by molar-refractivity contribution is -0.166. The van der Waals surface area contributed by atoms with Gasteiger partial charge in [0, 0.05) is 12.1 Å². The molecule has 0 aromatic heterocycles. The third-order valence-corrected chi connectivity index (χ3v) is 3.55. The summed E-state index contributed by atoms with van der Waals surface area (Å²) in [5.41, 5.74) is 2.04. The minimum absolute atomic E-state index is 0.542. The van der Waals surface area contributed by atoms with E-state index in [9.17, 15) is 9.59 Å². The van der Waals surface area contributed by atoms with E-state index >= 15 is 0 Å². The van der Waals surface area contributed by atoms with E-state index in [-0.39, 0.29) is 0 Å². The summed E-state index contributed by atoms with van der Waals surface area (Å²) in [7, 11) is 0. The van der Waals surface area contributed by atoms with Crippen molar-refractivity contribution in [2.45, 2.75) is 31.9 Å². The predicted octanol–water partition coefficient (Wildman–Crippen LogP) is 3.47. The summed E-state index contributed by atoms with van der Waals surface area (Å²) in [5, 5.41) is 11.8. The zero-order chi connectivity index (χ0) is 17.2. The predicted molar refractivity (Wildman–Crippen MR) is 91.6 cm³/mol. The summed E-state index contributed by atoms with van der Waals surface area (Å²) in [5.74, 6) is -2.83. The van der Waals surface area contributed by atoms with Crippen molar-refractivity contribution in [1.82, 2.24) is 0 Å². The van der Waals surface area contributed by atoms with E-state index in [1.54, 1.807) is 0 Å². The molecule has 2 aromatic rings. The van der Waals surface area contributed by atoms with Gasteiger partial charge in [-0.15, -0.1) is 0 Å². The van der Waals surface area contributed by atoms with Crippen LogP contribution in [0.5, 0.6) is 0 Å². The van der Waals surface area contributed by atoms with Gasteiger partial charge in [0.05, 0.1) is 0 Å². The Labute approximate surface area is 141 Å². The summed E-state index contributed by atoms with van der Waals surface area (Å²) in [6, 6.07) is 19.4. The summed E-state index contributed by atoms with van der Waals surface area (Å²) in [6.45, 7) is 0. The Morgan fingerprint density at radius 1 is 0.958 bits per heavy atom. The number of para-hydroxylation sites is 1. The van der Waals surface area contributed by atoms with Crippen LogP contribution >= 0.6 is 0 Å². The topological polar surface area (TPSA) is 75.6 Å². The lowest BCUT2D eigenvalue weighted by Crippen LogP contribution is -2.30. The van der Waals surface area contributed by atoms with E-state index in [4.69, 9.17) is 9.84 Å². The quantitative estimate of drug-likeness (QED) is 0.336. The van der Waals surface area contributed by atoms with E-state index in [1.165, 1.54) is 5.56 Å². The lowest BCUT2D eigenvalue weighted by Gasteiger charge is -2.19. The third kappa shape index (κ3) is 6.12. The zero-order valence-corrected chi connectivity index (χ0v) is 13.4. The number of unbranched alkanes of at least 4 members (excludes halogenated alkanes) is 1. The van der Waals surface area contributed by atoms with E-state index in [2.05, 4.69) is 17.4 Å². The summed E-state index contributed by atoms with van der Waals surface area (Å²) < 4.78 is 5.02. The molecule has 0 aliphatic heterocycles. The first-order valence-electron chi connectivity index (χ1n) is 7.94. The molecule has 0 fully saturated rings. The minimum atomic E-state index is -1.58. The summed E-state index contributed by atoms with van der Waals surface area (Å²) >= 11 is 0. The molecule has 0 bridgehead atoms. The molecule has 2 rings (SSSR count). The number of carbonyl (C=O) groups excluding carboxylic acids is 1. The average molecular weight is 327 g/mol. The molecule has 0 saturated heterocycles. The van der Waals surface area contributed by atoms with Gasteiger partial charge in [0.1, 0.15) is 0 Å². The molecule has 2 N–H and O–H groups in total. The van der Waals surface area contributed by atoms with Crippen LogP contribution in [0.4, 0.5) is 5.69 Å². The molecule has 0 heterocycles. The third-order valence-electron chi connectivity index (χ3n) is 3.55. The fourth-order valence-electron chi connectivity index (χ4n) is 2.36. The number of aryl methyl sites for hydroxylation is 1. The van der Waals surface area contributed by atoms with Crippen molar-refractivity contribution < 1.29 is 19.4 Å². The largest absolute Gasteiger partial charge is 0.473 e. The van der Waals surface area contributed by atoms with Gasteiger partial charge in [0.25, 0.3) is 0 Å². The van der Waals surface area contributed by atoms with E-state index in [0.717, 1.165) is 24.9 Å². The molecule has 24 heavy (non-hydrogen) atoms. The van der Waals surface area contributed by atoms with Crippen molar-refractivity contribution in [3.05, 3.63) is 66.2 Å². The van der Waals surface area contributed by atoms with Crippen LogP contribution in [0.15, 0.2) is 60.7 Å². The molecule has 1 atom stereocenters. The molecule has 5 nitrogen and oxygen atoms in total. The smallest absolute Gasteiger partial charge is 0.419 e. The van der Waals surface area contributed by atoms with Gasteiger partial charge >= 0.3 is 11.9 Å². The van der Waals surface area contributed by atoms with Crippen LogP contribution in [0.1, 0.15) is 24.8 Å². The Balaban J connectivity index is 1.85. The number of carbonyl (C=O) groups is 2. The van der Waals surface area contributed by atoms with Gasteiger partial charge in [0.15, 0.2) is 6.23 Å². The lowest BCUT2D eigenvalue weighted by atomic mass is 10.1. The fraction of sp³-hybridized carbons (Fsp3) is 0.263. The summed E-state index contributed by atoms with van der Waals surface area (Å²) in [4.78, 5) is 22.0. The highest BCUT2D eigenvalue weighted by Crippen LogP contribution is 2.14. The molecule has 0 amide bonds. The fourth-order valence-corrected chi connectivity index (χ4v) is 2.36. The van der Waals surface area contributed by atoms with E-state index in [0.29, 0.717) is 6.42 Å². The molecule has 2 aromatic carbocycles. The Kier molecular flexibility index (Phi) is 6.83. The highest BCUT2D eigenvalue weighted by atomic mass is 16.6. The molecule has 1 unspecified atom stereocenters. The second-order valence-electron chi connectivity index (χ2n) is 5.44. The first kappa shape index (κ1) is 17.5. The molecule has 5 heteroatoms. The van der Waals surface area contributed by atoms with Crippen LogP contribution in [0, 0.1) is 0 Å². The first-order valence-corrected chi connectivity index (χ1v) is 7.94. The normalized spacial score (nSPS) is 11.5. The average Bonchev–Trinajstić information content (AvgIpc) is 2.60. The number of carboxylic acid groups (broad SMARTS) is 1. The number of anilines is 1. The first-order chi connectivity index (χ1) is 11.6. The molecule has 0 saturated carbocycles. The number of rotatable bonds is 8. The van der Waals surface area contributed by atoms with Crippen molar-refractivity contribution in [2.24, 2.45) is 0 Å². The molecule has 0 radical (unpaired) electrons. The number of ether oxygens (including phenoxy) is 1. The monoisotopic (exact) mass is 327 g/mol. The highest BCUT2D eigenvalue weighted by molar-refractivity contribution is 6.28. The number of nitrogens with one attached hydrogen (secondary N) is 1. The Morgan fingerprint density at radius 3 is 2.21 bits per heavy atom. The van der Waals surface area contributed by atoms with Crippen molar-refractivity contribution in [3.63, 3.8) is 0 Å². The van der Waals surface area contributed by atoms with Crippen LogP contribution in [-0.4, -0.2) is 23.3 Å². The van der Waals surface area contributed by atoms with Gasteiger partial charge < -0.3 is 15.2 Å². The SMILES string of the molecule is O=C(O)C(=O)OC(CCCCc1ccccc1)Nc1ccccc1. The maximum absolute atomic E-state index is 11.3. The van der Waals surface area contributed by atoms with E-state index in [1.807, 2.05) is 48.5 Å². The van der Waals surface area contributed by atoms with Gasteiger partial charge in [-0.3, -0.25) is 0 Å². The number of carboxylic acids is 1. The Morgan fingerprint density at radius 2 is 1.58 bits per heavy atom. The van der Waals surface area contributed by atoms with Gasteiger partial charge in [0.2, 0.25) is 0 Å². The van der Waals surface area contributed by atoms with E-state index < -0.39 is 18.2 Å². The van der Waals surface area contributed by atoms with Gasteiger partial charge in [-0.2, -0.15) is 0 Å². The highest BCUT2D eigenvalue weighted by Gasteiger charge is 2.19. The minimum Gasteiger partial charge on any atom is -0.473 e. The number of aliphatic carboxylic acids is 1. The van der Waals surface area contributed by atoms with Crippen molar-refractivity contribution in [3.8, 4) is 0 Å². The zero-order valence-electron chi connectivity index (χ0n) is 13.4. The number of benzene rings is 2. The van der Waals surface area contributed by atoms with Crippen LogP contribution in [0.25, 0.3) is 0 Å². The number of esters is 1. The van der Waals surface area contributed by atoms with Crippen molar-refractivity contribution in [1.29, 1.82) is 0 Å². The molecular weight excluding hydrogens is 306 g/mol. The molecule has 0 aliphatic carbocycles. The second kappa shape index (κ2) is 9.35. The standard InChI is InChI=1S/C19H21NO4/c21-18(22)19(23)24-17(20-16-12-5-2-6-13-16)14-8-7-11-15-9-3-1-4-10-15/h1-6,9-10,12-13,17,20H,7-8,11,14H2,(H,21,22). The van der Waals surface area contributed by atoms with Crippen LogP contribution in [0.3, 0.4) is 0 Å². The Bertz CT molecular complexity index is 643. The van der Waals surface area contributed by atoms with Crippen LogP contribution in [-0.2, 0) is 20.7 Å². The molecule has 126 valence electrons. The maximum Gasteiger partial charge on any atom is 0.419 e. The van der Waals surface area contributed by atoms with Crippen molar-refractivity contribution >= 4 is 17.6 Å². The summed E-state index contributed by atoms with van der Waals surface area (Å²) in [6.07, 6.45) is 2.56. The molecule has 0 spiro atoms. The number of hydrogen-bond donors (Lipinski definition) is 2. The van der Waals surface area contributed by atoms with Gasteiger partial charge in [-0.25, -0.2) is 9.59 Å². The van der Waals surface area contributed by atoms with Crippen LogP contribution < -0.4 is 5.32 Å². The van der Waals surface area contributed by atoms with Crippen molar-refractivity contribution in [2.75, 3.05) is 5.32 Å². The van der Waals surface area contributed by atoms with Crippen LogP contribution in [0.2, 0.25) is 0 Å². The molecular formula is C19H21NO4. The maximum atomic E-state index is 11.3. The van der Waals surface area contributed by atoms with Gasteiger partial charge in [-0.05, 0) is 37.0 Å². The Hall–Kier alpha value is -2.82. The molecule has 0 aliphatic rings.